The van der Waals surface area contributed by atoms with E-state index in [9.17, 15) is 14.0 Å². The summed E-state index contributed by atoms with van der Waals surface area (Å²) in [6.45, 7) is 1.91. The predicted octanol–water partition coefficient (Wildman–Crippen LogP) is 1.86. The Bertz CT molecular complexity index is 771. The van der Waals surface area contributed by atoms with Gasteiger partial charge in [-0.1, -0.05) is 6.07 Å². The van der Waals surface area contributed by atoms with Crippen molar-refractivity contribution in [1.29, 1.82) is 0 Å². The van der Waals surface area contributed by atoms with Gasteiger partial charge in [0.1, 0.15) is 5.82 Å². The van der Waals surface area contributed by atoms with E-state index in [4.69, 9.17) is 0 Å². The number of halogens is 1. The third-order valence-electron chi connectivity index (χ3n) is 3.94. The number of nitrogens with one attached hydrogen (secondary N) is 1. The van der Waals surface area contributed by atoms with E-state index in [2.05, 4.69) is 10.4 Å². The van der Waals surface area contributed by atoms with Gasteiger partial charge in [-0.3, -0.25) is 14.3 Å². The van der Waals surface area contributed by atoms with Gasteiger partial charge in [0.15, 0.2) is 0 Å². The number of nitrogens with zero attached hydrogens (tertiary/aromatic N) is 3. The van der Waals surface area contributed by atoms with E-state index in [-0.39, 0.29) is 30.6 Å². The molecule has 2 heterocycles. The van der Waals surface area contributed by atoms with E-state index in [1.807, 2.05) is 0 Å². The van der Waals surface area contributed by atoms with Crippen LogP contribution in [-0.2, 0) is 16.6 Å². The third-order valence-corrected chi connectivity index (χ3v) is 3.94. The molecule has 1 aliphatic heterocycles. The van der Waals surface area contributed by atoms with Gasteiger partial charge in [-0.15, -0.1) is 0 Å². The van der Waals surface area contributed by atoms with Crippen molar-refractivity contribution in [3.05, 3.63) is 42.0 Å². The highest BCUT2D eigenvalue weighted by atomic mass is 19.1. The average Bonchev–Trinajstić information content (AvgIpc) is 3.08. The Morgan fingerprint density at radius 3 is 2.87 bits per heavy atom. The van der Waals surface area contributed by atoms with Crippen LogP contribution in [0.5, 0.6) is 0 Å². The first-order valence-electron chi connectivity index (χ1n) is 7.30. The molecule has 1 aromatic heterocycles. The Balaban J connectivity index is 1.71. The number of amides is 2. The van der Waals surface area contributed by atoms with Crippen LogP contribution in [0.1, 0.15) is 12.0 Å². The van der Waals surface area contributed by atoms with Gasteiger partial charge < -0.3 is 10.2 Å². The summed E-state index contributed by atoms with van der Waals surface area (Å²) in [6, 6.07) is 4.65. The summed E-state index contributed by atoms with van der Waals surface area (Å²) in [7, 11) is 1.75. The molecule has 120 valence electrons. The number of aromatic nitrogens is 2. The minimum atomic E-state index is -0.466. The first kappa shape index (κ1) is 15.2. The summed E-state index contributed by atoms with van der Waals surface area (Å²) in [6.07, 6.45) is 3.34. The smallest absolute Gasteiger partial charge is 0.229 e. The molecule has 1 unspecified atom stereocenters. The van der Waals surface area contributed by atoms with Crippen molar-refractivity contribution >= 4 is 23.2 Å². The van der Waals surface area contributed by atoms with Gasteiger partial charge in [0, 0.05) is 31.9 Å². The van der Waals surface area contributed by atoms with Crippen molar-refractivity contribution in [2.75, 3.05) is 16.8 Å². The minimum Gasteiger partial charge on any atom is -0.323 e. The fourth-order valence-electron chi connectivity index (χ4n) is 2.61. The molecule has 7 heteroatoms. The largest absolute Gasteiger partial charge is 0.323 e. The van der Waals surface area contributed by atoms with Crippen LogP contribution in [-0.4, -0.2) is 28.1 Å². The zero-order valence-corrected chi connectivity index (χ0v) is 12.9. The Morgan fingerprint density at radius 1 is 1.43 bits per heavy atom. The summed E-state index contributed by atoms with van der Waals surface area (Å²) in [5.74, 6) is -1.24. The molecule has 3 rings (SSSR count). The van der Waals surface area contributed by atoms with Crippen LogP contribution < -0.4 is 10.2 Å². The summed E-state index contributed by atoms with van der Waals surface area (Å²) in [4.78, 5) is 25.9. The molecule has 1 aliphatic rings. The fourth-order valence-corrected chi connectivity index (χ4v) is 2.61. The minimum absolute atomic E-state index is 0.113. The lowest BCUT2D eigenvalue weighted by atomic mass is 10.1. The normalized spacial score (nSPS) is 17.6. The lowest BCUT2D eigenvalue weighted by molar-refractivity contribution is -0.122. The maximum absolute atomic E-state index is 13.7. The molecular formula is C16H17FN4O2. The first-order valence-corrected chi connectivity index (χ1v) is 7.30. The van der Waals surface area contributed by atoms with Gasteiger partial charge in [-0.25, -0.2) is 4.39 Å². The van der Waals surface area contributed by atoms with Crippen LogP contribution >= 0.6 is 0 Å². The van der Waals surface area contributed by atoms with Gasteiger partial charge in [0.25, 0.3) is 0 Å². The highest BCUT2D eigenvalue weighted by Crippen LogP contribution is 2.27. The van der Waals surface area contributed by atoms with Gasteiger partial charge in [0.05, 0.1) is 17.8 Å². The average molecular weight is 316 g/mol. The Hall–Kier alpha value is -2.70. The lowest BCUT2D eigenvalue weighted by Gasteiger charge is -2.17. The van der Waals surface area contributed by atoms with Crippen LogP contribution in [0.15, 0.2) is 30.6 Å². The monoisotopic (exact) mass is 316 g/mol. The maximum atomic E-state index is 13.7. The number of aryl methyl sites for hydroxylation is 2. The van der Waals surface area contributed by atoms with Crippen molar-refractivity contribution in [3.8, 4) is 0 Å². The van der Waals surface area contributed by atoms with E-state index < -0.39 is 5.92 Å². The van der Waals surface area contributed by atoms with Crippen molar-refractivity contribution in [3.63, 3.8) is 0 Å². The number of carbonyl (C=O) groups excluding carboxylic acids is 2. The Kier molecular flexibility index (Phi) is 3.85. The van der Waals surface area contributed by atoms with E-state index in [0.717, 1.165) is 0 Å². The molecule has 0 spiro atoms. The quantitative estimate of drug-likeness (QED) is 0.940. The number of anilines is 2. The summed E-state index contributed by atoms with van der Waals surface area (Å²) in [5, 5.41) is 6.72. The van der Waals surface area contributed by atoms with Crippen LogP contribution in [0, 0.1) is 18.7 Å². The van der Waals surface area contributed by atoms with Crippen LogP contribution in [0.4, 0.5) is 15.8 Å². The number of hydrogen-bond donors (Lipinski definition) is 1. The van der Waals surface area contributed by atoms with Crippen LogP contribution in [0.25, 0.3) is 0 Å². The molecular weight excluding hydrogens is 299 g/mol. The van der Waals surface area contributed by atoms with E-state index >= 15 is 0 Å². The van der Waals surface area contributed by atoms with Crippen molar-refractivity contribution < 1.29 is 14.0 Å². The molecule has 6 nitrogen and oxygen atoms in total. The van der Waals surface area contributed by atoms with Gasteiger partial charge in [-0.05, 0) is 24.6 Å². The van der Waals surface area contributed by atoms with Crippen molar-refractivity contribution in [1.82, 2.24) is 9.78 Å². The molecule has 1 N–H and O–H groups in total. The SMILES string of the molecule is Cc1ccc(N2CC(C(=O)Nc3cnn(C)c3)CC2=O)cc1F. The Morgan fingerprint density at radius 2 is 2.22 bits per heavy atom. The molecule has 1 saturated heterocycles. The molecule has 0 radical (unpaired) electrons. The van der Waals surface area contributed by atoms with Gasteiger partial charge in [-0.2, -0.15) is 5.10 Å². The molecule has 0 aliphatic carbocycles. The number of rotatable bonds is 3. The molecule has 1 atom stereocenters. The zero-order chi connectivity index (χ0) is 16.6. The molecule has 1 aromatic carbocycles. The summed E-state index contributed by atoms with van der Waals surface area (Å²) < 4.78 is 15.3. The highest BCUT2D eigenvalue weighted by molar-refractivity contribution is 6.03. The predicted molar refractivity (Wildman–Crippen MR) is 83.4 cm³/mol. The van der Waals surface area contributed by atoms with Crippen LogP contribution in [0.3, 0.4) is 0 Å². The molecule has 0 bridgehead atoms. The standard InChI is InChI=1S/C16H17FN4O2/c1-10-3-4-13(6-14(10)17)21-8-11(5-15(21)22)16(23)19-12-7-18-20(2)9-12/h3-4,6-7,9,11H,5,8H2,1-2H3,(H,19,23). The highest BCUT2D eigenvalue weighted by Gasteiger charge is 2.35. The molecule has 2 amide bonds. The second kappa shape index (κ2) is 5.83. The fraction of sp³-hybridized carbons (Fsp3) is 0.312. The van der Waals surface area contributed by atoms with Gasteiger partial charge in [0.2, 0.25) is 11.8 Å². The number of carbonyl (C=O) groups is 2. The summed E-state index contributed by atoms with van der Waals surface area (Å²) >= 11 is 0. The van der Waals surface area contributed by atoms with Crippen LogP contribution in [0.2, 0.25) is 0 Å². The van der Waals surface area contributed by atoms with Gasteiger partial charge >= 0.3 is 0 Å². The van der Waals surface area contributed by atoms with E-state index in [0.29, 0.717) is 16.9 Å². The summed E-state index contributed by atoms with van der Waals surface area (Å²) in [5.41, 5.74) is 1.59. The number of hydrogen-bond acceptors (Lipinski definition) is 3. The van der Waals surface area contributed by atoms with E-state index in [1.165, 1.54) is 11.0 Å². The number of benzene rings is 1. The molecule has 0 saturated carbocycles. The second-order valence-electron chi connectivity index (χ2n) is 5.73. The molecule has 1 fully saturated rings. The van der Waals surface area contributed by atoms with E-state index in [1.54, 1.807) is 43.2 Å². The third kappa shape index (κ3) is 3.08. The molecule has 2 aromatic rings. The first-order chi connectivity index (χ1) is 10.9. The topological polar surface area (TPSA) is 67.2 Å². The second-order valence-corrected chi connectivity index (χ2v) is 5.73. The van der Waals surface area contributed by atoms with Crippen molar-refractivity contribution in [2.45, 2.75) is 13.3 Å². The maximum Gasteiger partial charge on any atom is 0.229 e. The zero-order valence-electron chi connectivity index (χ0n) is 12.9. The Labute approximate surface area is 132 Å². The van der Waals surface area contributed by atoms with Crippen molar-refractivity contribution in [2.24, 2.45) is 13.0 Å². The lowest BCUT2D eigenvalue weighted by Crippen LogP contribution is -2.28. The molecule has 23 heavy (non-hydrogen) atoms.